The summed E-state index contributed by atoms with van der Waals surface area (Å²) in [4.78, 5) is 24.5. The molecule has 7 rings (SSSR count). The van der Waals surface area contributed by atoms with Crippen LogP contribution < -0.4 is 8.37 Å². The minimum absolute atomic E-state index is 0.0502. The molecule has 0 spiro atoms. The predicted molar refractivity (Wildman–Crippen MR) is 173 cm³/mol. The molecule has 0 saturated carbocycles. The predicted octanol–water partition coefficient (Wildman–Crippen LogP) is 5.96. The van der Waals surface area contributed by atoms with E-state index in [2.05, 4.69) is 0 Å². The average Bonchev–Trinajstić information content (AvgIpc) is 3.05. The number of hydrogen-bond donors (Lipinski definition) is 2. The molecule has 226 valence electrons. The molecule has 0 radical (unpaired) electrons. The molecule has 5 aromatic carbocycles. The van der Waals surface area contributed by atoms with Crippen LogP contribution in [-0.2, 0) is 20.2 Å². The second-order valence-corrected chi connectivity index (χ2v) is 13.4. The van der Waals surface area contributed by atoms with Crippen molar-refractivity contribution in [1.29, 1.82) is 10.8 Å². The first-order chi connectivity index (χ1) is 22.0. The number of carbonyl (C=O) groups is 2. The van der Waals surface area contributed by atoms with Crippen molar-refractivity contribution in [1.82, 2.24) is 0 Å². The van der Waals surface area contributed by atoms with Gasteiger partial charge in [-0.15, -0.1) is 0 Å². The van der Waals surface area contributed by atoms with Gasteiger partial charge in [0.25, 0.3) is 0 Å². The maximum Gasteiger partial charge on any atom is 0.339 e. The lowest BCUT2D eigenvalue weighted by atomic mass is 9.95. The first-order valence-corrected chi connectivity index (χ1v) is 16.5. The summed E-state index contributed by atoms with van der Waals surface area (Å²) in [5.41, 5.74) is -0.501. The molecule has 2 N–H and O–H groups in total. The van der Waals surface area contributed by atoms with Gasteiger partial charge in [-0.1, -0.05) is 91.0 Å². The lowest BCUT2D eigenvalue weighted by molar-refractivity contribution is 0.105. The van der Waals surface area contributed by atoms with Crippen molar-refractivity contribution in [3.8, 4) is 11.5 Å². The number of fused-ring (bicyclic) bond motifs is 4. The monoisotopic (exact) mass is 648 g/mol. The Morgan fingerprint density at radius 1 is 0.500 bits per heavy atom. The fourth-order valence-corrected chi connectivity index (χ4v) is 7.96. The first-order valence-electron chi connectivity index (χ1n) is 13.7. The molecule has 0 atom stereocenters. The highest BCUT2D eigenvalue weighted by Crippen LogP contribution is 2.45. The molecule has 10 nitrogen and oxygen atoms in total. The molecular formula is C34H20N2O8S2. The van der Waals surface area contributed by atoms with Crippen LogP contribution in [0.4, 0.5) is 0 Å². The topological polar surface area (TPSA) is 169 Å². The van der Waals surface area contributed by atoms with Gasteiger partial charge in [-0.05, 0) is 18.2 Å². The van der Waals surface area contributed by atoms with E-state index in [1.54, 1.807) is 60.7 Å². The number of Topliss-reactive ketones (excluding diaryl/α,β-unsaturated/α-hetero) is 2. The Balaban J connectivity index is 1.39. The summed E-state index contributed by atoms with van der Waals surface area (Å²) < 4.78 is 67.0. The summed E-state index contributed by atoms with van der Waals surface area (Å²) in [7, 11) is -9.23. The molecule has 12 heteroatoms. The molecule has 0 unspecified atom stereocenters. The molecule has 46 heavy (non-hydrogen) atoms. The van der Waals surface area contributed by atoms with Crippen LogP contribution >= 0.6 is 0 Å². The SMILES string of the molecule is N=C1C=C(S(=O)(=O)Oc2c3ccccc3c(OS(=O)(=O)c3cccc4c3C=CC(=N)C4=O)c3ccccc23)c2ccccc2C1=O. The molecule has 5 aromatic rings. The number of benzene rings is 5. The standard InChI is InChI=1S/C34H20N2O8S2/c35-27-17-16-20-22(31(27)37)14-7-15-29(20)45(39,40)43-33-23-10-3-5-12-25(23)34(26-13-6-4-11-24(26)33)44-46(41,42)30-18-28(36)32(38)21-9-2-1-8-19(21)30/h1-18,35-36H. The largest absolute Gasteiger partial charge is 0.378 e. The fourth-order valence-electron chi connectivity index (χ4n) is 5.58. The molecule has 0 bridgehead atoms. The molecule has 0 saturated heterocycles. The zero-order valence-electron chi connectivity index (χ0n) is 23.5. The lowest BCUT2D eigenvalue weighted by Gasteiger charge is -2.20. The van der Waals surface area contributed by atoms with Gasteiger partial charge in [0.15, 0.2) is 11.5 Å². The minimum atomic E-state index is -4.65. The molecule has 2 aliphatic rings. The van der Waals surface area contributed by atoms with Crippen molar-refractivity contribution in [3.63, 3.8) is 0 Å². The van der Waals surface area contributed by atoms with Gasteiger partial charge in [0.1, 0.15) is 21.2 Å². The van der Waals surface area contributed by atoms with Crippen LogP contribution in [0.2, 0.25) is 0 Å². The van der Waals surface area contributed by atoms with Crippen molar-refractivity contribution in [3.05, 3.63) is 125 Å². The normalized spacial score (nSPS) is 14.7. The van der Waals surface area contributed by atoms with E-state index in [0.29, 0.717) is 0 Å². The van der Waals surface area contributed by atoms with Crippen LogP contribution in [-0.4, -0.2) is 39.8 Å². The van der Waals surface area contributed by atoms with Crippen LogP contribution in [0.25, 0.3) is 32.5 Å². The Morgan fingerprint density at radius 2 is 0.978 bits per heavy atom. The van der Waals surface area contributed by atoms with E-state index in [1.165, 1.54) is 42.5 Å². The first kappa shape index (κ1) is 29.0. The van der Waals surface area contributed by atoms with Gasteiger partial charge in [0.05, 0.1) is 0 Å². The third kappa shape index (κ3) is 4.54. The zero-order chi connectivity index (χ0) is 32.4. The Morgan fingerprint density at radius 3 is 1.57 bits per heavy atom. The lowest BCUT2D eigenvalue weighted by Crippen LogP contribution is -2.23. The number of hydrogen-bond acceptors (Lipinski definition) is 10. The van der Waals surface area contributed by atoms with E-state index in [1.807, 2.05) is 0 Å². The van der Waals surface area contributed by atoms with Gasteiger partial charge in [0.2, 0.25) is 11.6 Å². The number of ketones is 2. The number of carbonyl (C=O) groups excluding carboxylic acids is 2. The van der Waals surface area contributed by atoms with Crippen molar-refractivity contribution >= 4 is 75.8 Å². The third-order valence-electron chi connectivity index (χ3n) is 7.69. The van der Waals surface area contributed by atoms with Crippen molar-refractivity contribution in [2.24, 2.45) is 0 Å². The minimum Gasteiger partial charge on any atom is -0.378 e. The highest BCUT2D eigenvalue weighted by Gasteiger charge is 2.34. The van der Waals surface area contributed by atoms with Gasteiger partial charge in [-0.25, -0.2) is 0 Å². The fraction of sp³-hybridized carbons (Fsp3) is 0. The Bertz CT molecular complexity index is 2470. The average molecular weight is 649 g/mol. The maximum atomic E-state index is 13.9. The second kappa shape index (κ2) is 10.4. The molecule has 0 aliphatic heterocycles. The van der Waals surface area contributed by atoms with Crippen LogP contribution in [0.3, 0.4) is 0 Å². The molecule has 0 amide bonds. The Kier molecular flexibility index (Phi) is 6.58. The van der Waals surface area contributed by atoms with E-state index < -0.39 is 37.5 Å². The molecule has 0 aromatic heterocycles. The molecule has 0 fully saturated rings. The number of nitrogens with one attached hydrogen (secondary N) is 2. The second-order valence-electron chi connectivity index (χ2n) is 10.4. The van der Waals surface area contributed by atoms with Crippen LogP contribution in [0, 0.1) is 10.8 Å². The van der Waals surface area contributed by atoms with E-state index in [0.717, 1.165) is 6.08 Å². The number of rotatable bonds is 6. The summed E-state index contributed by atoms with van der Waals surface area (Å²) in [5, 5.41) is 16.8. The van der Waals surface area contributed by atoms with Crippen molar-refractivity contribution in [2.75, 3.05) is 0 Å². The highest BCUT2D eigenvalue weighted by atomic mass is 32.2. The quantitative estimate of drug-likeness (QED) is 0.168. The van der Waals surface area contributed by atoms with Crippen molar-refractivity contribution < 1.29 is 34.8 Å². The van der Waals surface area contributed by atoms with Gasteiger partial charge in [0, 0.05) is 43.8 Å². The Hall–Kier alpha value is -5.72. The number of allylic oxidation sites excluding steroid dienone is 2. The van der Waals surface area contributed by atoms with Gasteiger partial charge in [-0.2, -0.15) is 16.8 Å². The highest BCUT2D eigenvalue weighted by molar-refractivity contribution is 7.96. The summed E-state index contributed by atoms with van der Waals surface area (Å²) in [6.07, 6.45) is 3.55. The Labute approximate surface area is 262 Å². The van der Waals surface area contributed by atoms with Crippen LogP contribution in [0.15, 0.2) is 108 Å². The van der Waals surface area contributed by atoms with E-state index in [9.17, 15) is 26.4 Å². The summed E-state index contributed by atoms with van der Waals surface area (Å²) in [5.74, 6) is -1.45. The van der Waals surface area contributed by atoms with E-state index in [-0.39, 0.29) is 70.8 Å². The van der Waals surface area contributed by atoms with E-state index >= 15 is 0 Å². The zero-order valence-corrected chi connectivity index (χ0v) is 25.1. The van der Waals surface area contributed by atoms with Crippen LogP contribution in [0.1, 0.15) is 31.8 Å². The molecule has 2 aliphatic carbocycles. The van der Waals surface area contributed by atoms with Crippen LogP contribution in [0.5, 0.6) is 11.5 Å². The maximum absolute atomic E-state index is 13.9. The van der Waals surface area contributed by atoms with E-state index in [4.69, 9.17) is 19.2 Å². The van der Waals surface area contributed by atoms with Crippen molar-refractivity contribution in [2.45, 2.75) is 4.90 Å². The third-order valence-corrected chi connectivity index (χ3v) is 10.2. The summed E-state index contributed by atoms with van der Waals surface area (Å²) in [6.45, 7) is 0. The van der Waals surface area contributed by atoms with Gasteiger partial charge >= 0.3 is 20.2 Å². The molecule has 0 heterocycles. The van der Waals surface area contributed by atoms with Gasteiger partial charge in [-0.3, -0.25) is 20.4 Å². The smallest absolute Gasteiger partial charge is 0.339 e. The summed E-state index contributed by atoms with van der Waals surface area (Å²) in [6, 6.07) is 22.9. The molecular weight excluding hydrogens is 629 g/mol. The van der Waals surface area contributed by atoms with Gasteiger partial charge < -0.3 is 8.37 Å². The summed E-state index contributed by atoms with van der Waals surface area (Å²) >= 11 is 0.